The van der Waals surface area contributed by atoms with Gasteiger partial charge in [-0.1, -0.05) is 27.7 Å². The van der Waals surface area contributed by atoms with Gasteiger partial charge in [0.25, 0.3) is 0 Å². The second-order valence-corrected chi connectivity index (χ2v) is 5.98. The zero-order valence-corrected chi connectivity index (χ0v) is 12.5. The highest BCUT2D eigenvalue weighted by Crippen LogP contribution is 2.37. The maximum atomic E-state index is 13.8. The molecule has 0 amide bonds. The molecule has 2 nitrogen and oxygen atoms in total. The van der Waals surface area contributed by atoms with Crippen LogP contribution in [-0.4, -0.2) is 10.9 Å². The number of nitrogens with zero attached hydrogens (tertiary/aromatic N) is 1. The average molecular weight is 340 g/mol. The minimum atomic E-state index is -0.538. The Morgan fingerprint density at radius 3 is 2.88 bits per heavy atom. The zero-order valence-electron chi connectivity index (χ0n) is 9.24. The van der Waals surface area contributed by atoms with Gasteiger partial charge in [-0.15, -0.1) is 12.4 Å². The molecule has 0 radical (unpaired) electrons. The second kappa shape index (κ2) is 5.59. The number of thioether (sulfide) groups is 1. The quantitative estimate of drug-likeness (QED) is 0.847. The van der Waals surface area contributed by atoms with Gasteiger partial charge in [0.15, 0.2) is 5.17 Å². The van der Waals surface area contributed by atoms with Crippen molar-refractivity contribution in [3.8, 4) is 0 Å². The Morgan fingerprint density at radius 1 is 1.53 bits per heavy atom. The number of halogens is 3. The van der Waals surface area contributed by atoms with Crippen LogP contribution >= 0.6 is 40.1 Å². The first kappa shape index (κ1) is 14.8. The number of amidine groups is 1. The lowest BCUT2D eigenvalue weighted by Gasteiger charge is -2.30. The molecule has 0 fully saturated rings. The van der Waals surface area contributed by atoms with Gasteiger partial charge < -0.3 is 5.73 Å². The van der Waals surface area contributed by atoms with E-state index in [0.717, 1.165) is 16.6 Å². The summed E-state index contributed by atoms with van der Waals surface area (Å²) in [6.07, 6.45) is 0.797. The Bertz CT molecular complexity index is 455. The fourth-order valence-electron chi connectivity index (χ4n) is 1.79. The highest BCUT2D eigenvalue weighted by atomic mass is 79.9. The van der Waals surface area contributed by atoms with Gasteiger partial charge >= 0.3 is 0 Å². The summed E-state index contributed by atoms with van der Waals surface area (Å²) in [6.45, 7) is 1.92. The lowest BCUT2D eigenvalue weighted by Crippen LogP contribution is -2.29. The Hall–Kier alpha value is -0.260. The van der Waals surface area contributed by atoms with Gasteiger partial charge in [0.2, 0.25) is 0 Å². The molecule has 2 rings (SSSR count). The van der Waals surface area contributed by atoms with Crippen molar-refractivity contribution in [3.05, 3.63) is 34.1 Å². The Morgan fingerprint density at radius 2 is 2.24 bits per heavy atom. The molecular formula is C11H13BrClFN2S. The van der Waals surface area contributed by atoms with E-state index in [2.05, 4.69) is 20.9 Å². The van der Waals surface area contributed by atoms with Crippen LogP contribution in [0.5, 0.6) is 0 Å². The first-order chi connectivity index (χ1) is 7.51. The van der Waals surface area contributed by atoms with Gasteiger partial charge in [-0.25, -0.2) is 4.39 Å². The molecule has 94 valence electrons. The third-order valence-electron chi connectivity index (χ3n) is 2.70. The van der Waals surface area contributed by atoms with Crippen LogP contribution in [0.3, 0.4) is 0 Å². The first-order valence-corrected chi connectivity index (χ1v) is 6.73. The summed E-state index contributed by atoms with van der Waals surface area (Å²) < 4.78 is 14.6. The zero-order chi connectivity index (χ0) is 11.8. The molecule has 0 saturated carbocycles. The standard InChI is InChI=1S/C11H12BrFN2S.ClH/c1-11(4-5-16-10(14)15-11)8-6-7(12)2-3-9(8)13;/h2-3,6H,4-5H2,1H3,(H2,14,15);1H/t11-;/m0./s1. The van der Waals surface area contributed by atoms with Crippen molar-refractivity contribution in [2.24, 2.45) is 10.7 Å². The van der Waals surface area contributed by atoms with Crippen molar-refractivity contribution >= 4 is 45.3 Å². The molecule has 0 spiro atoms. The van der Waals surface area contributed by atoms with Crippen LogP contribution in [0.4, 0.5) is 4.39 Å². The summed E-state index contributed by atoms with van der Waals surface area (Å²) in [6, 6.07) is 4.92. The number of nitrogens with two attached hydrogens (primary N) is 1. The molecule has 2 N–H and O–H groups in total. The summed E-state index contributed by atoms with van der Waals surface area (Å²) in [5, 5.41) is 0.535. The van der Waals surface area contributed by atoms with Gasteiger partial charge in [0.1, 0.15) is 5.82 Å². The molecule has 1 atom stereocenters. The van der Waals surface area contributed by atoms with Crippen LogP contribution in [0.1, 0.15) is 18.9 Å². The van der Waals surface area contributed by atoms with Gasteiger partial charge in [-0.2, -0.15) is 0 Å². The Labute approximate surface area is 119 Å². The van der Waals surface area contributed by atoms with Gasteiger partial charge in [0, 0.05) is 15.8 Å². The lowest BCUT2D eigenvalue weighted by atomic mass is 9.89. The number of hydrogen-bond donors (Lipinski definition) is 1. The van der Waals surface area contributed by atoms with Crippen LogP contribution in [0.2, 0.25) is 0 Å². The maximum Gasteiger partial charge on any atom is 0.154 e. The monoisotopic (exact) mass is 338 g/mol. The van der Waals surface area contributed by atoms with E-state index in [1.807, 2.05) is 6.92 Å². The topological polar surface area (TPSA) is 38.4 Å². The molecular weight excluding hydrogens is 327 g/mol. The highest BCUT2D eigenvalue weighted by molar-refractivity contribution is 9.10. The number of rotatable bonds is 1. The van der Waals surface area contributed by atoms with E-state index < -0.39 is 5.54 Å². The van der Waals surface area contributed by atoms with E-state index in [0.29, 0.717) is 10.7 Å². The van der Waals surface area contributed by atoms with Crippen LogP contribution in [0, 0.1) is 5.82 Å². The van der Waals surface area contributed by atoms with E-state index in [1.54, 1.807) is 12.1 Å². The number of hydrogen-bond acceptors (Lipinski definition) is 3. The molecule has 1 aliphatic rings. The van der Waals surface area contributed by atoms with Crippen LogP contribution in [0.25, 0.3) is 0 Å². The molecule has 0 aliphatic carbocycles. The van der Waals surface area contributed by atoms with Crippen molar-refractivity contribution in [2.45, 2.75) is 18.9 Å². The summed E-state index contributed by atoms with van der Waals surface area (Å²) in [4.78, 5) is 4.38. The second-order valence-electron chi connectivity index (χ2n) is 3.95. The molecule has 6 heteroatoms. The lowest BCUT2D eigenvalue weighted by molar-refractivity contribution is 0.450. The minimum Gasteiger partial charge on any atom is -0.379 e. The molecule has 1 heterocycles. The number of aliphatic imine (C=N–C) groups is 1. The largest absolute Gasteiger partial charge is 0.379 e. The van der Waals surface area contributed by atoms with Crippen LogP contribution < -0.4 is 5.73 Å². The SMILES string of the molecule is C[C@@]1(c2cc(Br)ccc2F)CCSC(N)=N1.Cl. The summed E-state index contributed by atoms with van der Waals surface area (Å²) in [5.74, 6) is 0.645. The Balaban J connectivity index is 0.00000144. The molecule has 0 unspecified atom stereocenters. The summed E-state index contributed by atoms with van der Waals surface area (Å²) >= 11 is 4.87. The fraction of sp³-hybridized carbons (Fsp3) is 0.364. The molecule has 1 aromatic carbocycles. The van der Waals surface area contributed by atoms with Gasteiger partial charge in [-0.05, 0) is 31.5 Å². The minimum absolute atomic E-state index is 0. The fourth-order valence-corrected chi connectivity index (χ4v) is 3.13. The van der Waals surface area contributed by atoms with Crippen molar-refractivity contribution in [3.63, 3.8) is 0 Å². The third kappa shape index (κ3) is 3.14. The smallest absolute Gasteiger partial charge is 0.154 e. The van der Waals surface area contributed by atoms with Gasteiger partial charge in [0.05, 0.1) is 5.54 Å². The molecule has 1 aliphatic heterocycles. The van der Waals surface area contributed by atoms with Crippen LogP contribution in [0.15, 0.2) is 27.7 Å². The van der Waals surface area contributed by atoms with E-state index >= 15 is 0 Å². The van der Waals surface area contributed by atoms with E-state index in [1.165, 1.54) is 17.8 Å². The molecule has 0 saturated heterocycles. The Kier molecular flexibility index (Phi) is 4.86. The molecule has 1 aromatic rings. The molecule has 0 bridgehead atoms. The number of benzene rings is 1. The third-order valence-corrected chi connectivity index (χ3v) is 3.99. The van der Waals surface area contributed by atoms with Crippen molar-refractivity contribution in [1.29, 1.82) is 0 Å². The van der Waals surface area contributed by atoms with Crippen molar-refractivity contribution in [1.82, 2.24) is 0 Å². The van der Waals surface area contributed by atoms with E-state index in [4.69, 9.17) is 5.73 Å². The van der Waals surface area contributed by atoms with Crippen molar-refractivity contribution in [2.75, 3.05) is 5.75 Å². The molecule has 17 heavy (non-hydrogen) atoms. The van der Waals surface area contributed by atoms with Gasteiger partial charge in [-0.3, -0.25) is 4.99 Å². The van der Waals surface area contributed by atoms with Crippen molar-refractivity contribution < 1.29 is 4.39 Å². The predicted molar refractivity (Wildman–Crippen MR) is 77.4 cm³/mol. The summed E-state index contributed by atoms with van der Waals surface area (Å²) in [7, 11) is 0. The highest BCUT2D eigenvalue weighted by Gasteiger charge is 2.32. The maximum absolute atomic E-state index is 13.8. The van der Waals surface area contributed by atoms with E-state index in [9.17, 15) is 4.39 Å². The summed E-state index contributed by atoms with van der Waals surface area (Å²) in [5.41, 5.74) is 5.78. The van der Waals surface area contributed by atoms with E-state index in [-0.39, 0.29) is 18.2 Å². The first-order valence-electron chi connectivity index (χ1n) is 4.95. The molecule has 0 aromatic heterocycles. The normalized spacial score (nSPS) is 23.8. The average Bonchev–Trinajstić information content (AvgIpc) is 2.21. The predicted octanol–water partition coefficient (Wildman–Crippen LogP) is 3.68. The van der Waals surface area contributed by atoms with Crippen LogP contribution in [-0.2, 0) is 5.54 Å².